The molecule has 1 aromatic heterocycles. The second-order valence-electron chi connectivity index (χ2n) is 3.98. The zero-order valence-electron chi connectivity index (χ0n) is 10.2. The third-order valence-corrected chi connectivity index (χ3v) is 2.58. The number of carbonyl (C=O) groups excluding carboxylic acids is 1. The zero-order chi connectivity index (χ0) is 12.1. The minimum Gasteiger partial charge on any atom is -0.352 e. The highest BCUT2D eigenvalue weighted by atomic mass is 16.1. The van der Waals surface area contributed by atoms with E-state index >= 15 is 0 Å². The number of nitrogens with one attached hydrogen (secondary N) is 1. The molecule has 0 radical (unpaired) electrons. The molecule has 0 saturated heterocycles. The molecule has 0 aromatic carbocycles. The van der Waals surface area contributed by atoms with E-state index < -0.39 is 0 Å². The number of hydrogen-bond donors (Lipinski definition) is 2. The molecule has 5 heteroatoms. The lowest BCUT2D eigenvalue weighted by atomic mass is 10.1. The molecule has 1 rings (SSSR count). The Hall–Kier alpha value is -1.36. The van der Waals surface area contributed by atoms with Gasteiger partial charge >= 0.3 is 0 Å². The fourth-order valence-electron chi connectivity index (χ4n) is 1.49. The van der Waals surface area contributed by atoms with Crippen LogP contribution in [0.3, 0.4) is 0 Å². The first-order chi connectivity index (χ1) is 7.58. The molecule has 0 aliphatic heterocycles. The van der Waals surface area contributed by atoms with Crippen LogP contribution in [0.5, 0.6) is 0 Å². The lowest BCUT2D eigenvalue weighted by molar-refractivity contribution is -0.124. The lowest BCUT2D eigenvalue weighted by Crippen LogP contribution is -2.32. The summed E-state index contributed by atoms with van der Waals surface area (Å²) in [6.07, 6.45) is 2.81. The molecule has 1 amide bonds. The molecular weight excluding hydrogens is 204 g/mol. The number of nitrogens with zero attached hydrogens (tertiary/aromatic N) is 2. The Balaban J connectivity index is 2.57. The van der Waals surface area contributed by atoms with Crippen LogP contribution < -0.4 is 11.1 Å². The van der Waals surface area contributed by atoms with Crippen molar-refractivity contribution in [3.05, 3.63) is 17.5 Å². The van der Waals surface area contributed by atoms with Gasteiger partial charge in [0.2, 0.25) is 5.91 Å². The van der Waals surface area contributed by atoms with Crippen molar-refractivity contribution in [3.63, 3.8) is 0 Å². The summed E-state index contributed by atoms with van der Waals surface area (Å²) in [6, 6.07) is 0. The van der Waals surface area contributed by atoms with Gasteiger partial charge in [0.15, 0.2) is 0 Å². The molecule has 0 spiro atoms. The number of aromatic nitrogens is 2. The van der Waals surface area contributed by atoms with Crippen molar-refractivity contribution in [2.75, 3.05) is 6.54 Å². The van der Waals surface area contributed by atoms with Crippen molar-refractivity contribution in [1.29, 1.82) is 0 Å². The molecule has 90 valence electrons. The maximum atomic E-state index is 11.5. The molecule has 1 heterocycles. The van der Waals surface area contributed by atoms with Crippen LogP contribution in [-0.2, 0) is 24.8 Å². The number of amides is 1. The maximum absolute atomic E-state index is 11.5. The van der Waals surface area contributed by atoms with Gasteiger partial charge in [-0.05, 0) is 6.42 Å². The zero-order valence-corrected chi connectivity index (χ0v) is 10.2. The molecule has 16 heavy (non-hydrogen) atoms. The van der Waals surface area contributed by atoms with Gasteiger partial charge in [-0.2, -0.15) is 5.10 Å². The van der Waals surface area contributed by atoms with Gasteiger partial charge in [0, 0.05) is 37.8 Å². The highest BCUT2D eigenvalue weighted by Gasteiger charge is 2.12. The first-order valence-corrected chi connectivity index (χ1v) is 5.57. The highest BCUT2D eigenvalue weighted by molar-refractivity contribution is 5.78. The second-order valence-corrected chi connectivity index (χ2v) is 3.98. The third kappa shape index (κ3) is 3.06. The lowest BCUT2D eigenvalue weighted by Gasteiger charge is -2.09. The van der Waals surface area contributed by atoms with Crippen LogP contribution in [0.2, 0.25) is 0 Å². The quantitative estimate of drug-likeness (QED) is 0.750. The van der Waals surface area contributed by atoms with Crippen molar-refractivity contribution >= 4 is 5.91 Å². The Morgan fingerprint density at radius 3 is 2.94 bits per heavy atom. The molecule has 0 saturated carbocycles. The third-order valence-electron chi connectivity index (χ3n) is 2.58. The first-order valence-electron chi connectivity index (χ1n) is 5.57. The summed E-state index contributed by atoms with van der Waals surface area (Å²) in [5.41, 5.74) is 7.53. The van der Waals surface area contributed by atoms with Crippen LogP contribution in [0.25, 0.3) is 0 Å². The van der Waals surface area contributed by atoms with E-state index in [2.05, 4.69) is 17.3 Å². The highest BCUT2D eigenvalue weighted by Crippen LogP contribution is 2.06. The molecule has 0 fully saturated rings. The molecule has 0 aliphatic rings. The molecule has 1 atom stereocenters. The van der Waals surface area contributed by atoms with E-state index in [1.54, 1.807) is 4.68 Å². The van der Waals surface area contributed by atoms with Crippen molar-refractivity contribution < 1.29 is 4.79 Å². The van der Waals surface area contributed by atoms with Crippen LogP contribution in [0.15, 0.2) is 6.20 Å². The Kier molecular flexibility index (Phi) is 4.49. The van der Waals surface area contributed by atoms with E-state index in [4.69, 9.17) is 5.73 Å². The van der Waals surface area contributed by atoms with Gasteiger partial charge in [-0.25, -0.2) is 0 Å². The average molecular weight is 224 g/mol. The minimum atomic E-state index is -0.137. The second kappa shape index (κ2) is 5.65. The number of rotatable bonds is 5. The number of aryl methyl sites for hydroxylation is 2. The monoisotopic (exact) mass is 224 g/mol. The first kappa shape index (κ1) is 12.7. The van der Waals surface area contributed by atoms with Crippen LogP contribution in [0, 0.1) is 5.92 Å². The van der Waals surface area contributed by atoms with Gasteiger partial charge in [-0.15, -0.1) is 0 Å². The number of carbonyl (C=O) groups is 1. The minimum absolute atomic E-state index is 0.00611. The van der Waals surface area contributed by atoms with Gasteiger partial charge in [0.25, 0.3) is 0 Å². The van der Waals surface area contributed by atoms with Gasteiger partial charge < -0.3 is 11.1 Å². The van der Waals surface area contributed by atoms with Crippen LogP contribution in [0.1, 0.15) is 25.1 Å². The largest absolute Gasteiger partial charge is 0.352 e. The maximum Gasteiger partial charge on any atom is 0.224 e. The Morgan fingerprint density at radius 1 is 1.69 bits per heavy atom. The van der Waals surface area contributed by atoms with Gasteiger partial charge in [-0.1, -0.05) is 13.8 Å². The molecule has 0 aliphatic carbocycles. The van der Waals surface area contributed by atoms with E-state index in [-0.39, 0.29) is 11.8 Å². The van der Waals surface area contributed by atoms with E-state index in [0.29, 0.717) is 13.1 Å². The number of hydrogen-bond acceptors (Lipinski definition) is 3. The molecule has 1 unspecified atom stereocenters. The summed E-state index contributed by atoms with van der Waals surface area (Å²) in [5.74, 6) is -0.143. The summed E-state index contributed by atoms with van der Waals surface area (Å²) in [4.78, 5) is 11.5. The predicted molar refractivity (Wildman–Crippen MR) is 62.7 cm³/mol. The normalized spacial score (nSPS) is 12.5. The topological polar surface area (TPSA) is 72.9 Å². The van der Waals surface area contributed by atoms with Crippen LogP contribution >= 0.6 is 0 Å². The van der Waals surface area contributed by atoms with Crippen molar-refractivity contribution in [1.82, 2.24) is 15.1 Å². The molecule has 0 bridgehead atoms. The predicted octanol–water partition coefficient (Wildman–Crippen LogP) is 0.194. The summed E-state index contributed by atoms with van der Waals surface area (Å²) in [7, 11) is 1.88. The fourth-order valence-corrected chi connectivity index (χ4v) is 1.49. The van der Waals surface area contributed by atoms with Gasteiger partial charge in [0.1, 0.15) is 0 Å². The Labute approximate surface area is 96.0 Å². The summed E-state index contributed by atoms with van der Waals surface area (Å²) >= 11 is 0. The van der Waals surface area contributed by atoms with Crippen molar-refractivity contribution in [3.8, 4) is 0 Å². The van der Waals surface area contributed by atoms with Crippen LogP contribution in [0.4, 0.5) is 0 Å². The Morgan fingerprint density at radius 2 is 2.38 bits per heavy atom. The van der Waals surface area contributed by atoms with Crippen molar-refractivity contribution in [2.45, 2.75) is 26.8 Å². The fraction of sp³-hybridized carbons (Fsp3) is 0.636. The van der Waals surface area contributed by atoms with Gasteiger partial charge in [-0.3, -0.25) is 9.48 Å². The van der Waals surface area contributed by atoms with E-state index in [1.165, 1.54) is 0 Å². The molecular formula is C11H20N4O. The Bertz CT molecular complexity index is 359. The molecule has 1 aromatic rings. The van der Waals surface area contributed by atoms with E-state index in [9.17, 15) is 4.79 Å². The summed E-state index contributed by atoms with van der Waals surface area (Å²) in [6.45, 7) is 4.77. The van der Waals surface area contributed by atoms with Gasteiger partial charge in [0.05, 0.1) is 5.69 Å². The summed E-state index contributed by atoms with van der Waals surface area (Å²) < 4.78 is 1.77. The standard InChI is InChI=1S/C11H20N4O/c1-4-10-9(7-15(3)14-10)6-13-11(16)8(2)5-12/h7-8H,4-6,12H2,1-3H3,(H,13,16). The molecule has 3 N–H and O–H groups in total. The average Bonchev–Trinajstić information content (AvgIpc) is 2.65. The van der Waals surface area contributed by atoms with Crippen LogP contribution in [-0.4, -0.2) is 22.2 Å². The summed E-state index contributed by atoms with van der Waals surface area (Å²) in [5, 5.41) is 7.18. The molecule has 5 nitrogen and oxygen atoms in total. The SMILES string of the molecule is CCc1nn(C)cc1CNC(=O)C(C)CN. The van der Waals surface area contributed by atoms with E-state index in [1.807, 2.05) is 20.2 Å². The smallest absolute Gasteiger partial charge is 0.224 e. The number of nitrogens with two attached hydrogens (primary N) is 1. The van der Waals surface area contributed by atoms with Crippen molar-refractivity contribution in [2.24, 2.45) is 18.7 Å². The van der Waals surface area contributed by atoms with E-state index in [0.717, 1.165) is 17.7 Å².